The highest BCUT2D eigenvalue weighted by Crippen LogP contribution is 2.44. The average Bonchev–Trinajstić information content (AvgIpc) is 2.44. The maximum absolute atomic E-state index is 11.1. The Morgan fingerprint density at radius 3 is 2.73 bits per heavy atom. The fourth-order valence-corrected chi connectivity index (χ4v) is 2.07. The molecule has 0 aromatic rings. The maximum Gasteiger partial charge on any atom is 0.155 e. The molecule has 0 bridgehead atoms. The van der Waals surface area contributed by atoms with Gasteiger partial charge in [-0.15, -0.1) is 0 Å². The smallest absolute Gasteiger partial charge is 0.155 e. The van der Waals surface area contributed by atoms with E-state index < -0.39 is 0 Å². The van der Waals surface area contributed by atoms with E-state index in [1.54, 1.807) is 6.08 Å². The topological polar surface area (TPSA) is 17.1 Å². The van der Waals surface area contributed by atoms with Crippen molar-refractivity contribution in [3.8, 4) is 0 Å². The summed E-state index contributed by atoms with van der Waals surface area (Å²) in [5, 5.41) is 0. The van der Waals surface area contributed by atoms with Gasteiger partial charge in [-0.2, -0.15) is 0 Å². The number of allylic oxidation sites excluding steroid dienone is 4. The second kappa shape index (κ2) is 4.78. The zero-order chi connectivity index (χ0) is 11.5. The van der Waals surface area contributed by atoms with Crippen LogP contribution in [0.5, 0.6) is 0 Å². The highest BCUT2D eigenvalue weighted by atomic mass is 16.1. The van der Waals surface area contributed by atoms with Crippen molar-refractivity contribution < 1.29 is 4.79 Å². The third-order valence-corrected chi connectivity index (χ3v) is 3.82. The molecule has 1 atom stereocenters. The van der Waals surface area contributed by atoms with Crippen molar-refractivity contribution in [2.45, 2.75) is 47.0 Å². The molecule has 0 saturated carbocycles. The quantitative estimate of drug-likeness (QED) is 0.503. The Morgan fingerprint density at radius 1 is 1.60 bits per heavy atom. The first kappa shape index (κ1) is 12.2. The standard InChI is InChI=1S/C14H22O/c1-5-13(15)8-6-7-12-10-9-11(2)14(12,3)4/h6,8-9,12H,5,7,10H2,1-4H3/b8-6+/t12-/m0/s1. The van der Waals surface area contributed by atoms with Gasteiger partial charge in [0, 0.05) is 6.42 Å². The Balaban J connectivity index is 2.49. The monoisotopic (exact) mass is 206 g/mol. The van der Waals surface area contributed by atoms with Gasteiger partial charge in [0.1, 0.15) is 0 Å². The lowest BCUT2D eigenvalue weighted by Crippen LogP contribution is -2.19. The maximum atomic E-state index is 11.1. The summed E-state index contributed by atoms with van der Waals surface area (Å²) in [4.78, 5) is 11.1. The summed E-state index contributed by atoms with van der Waals surface area (Å²) in [6.45, 7) is 8.71. The van der Waals surface area contributed by atoms with Crippen molar-refractivity contribution in [2.75, 3.05) is 0 Å². The molecular weight excluding hydrogens is 184 g/mol. The fraction of sp³-hybridized carbons (Fsp3) is 0.643. The van der Waals surface area contributed by atoms with Crippen molar-refractivity contribution in [3.05, 3.63) is 23.8 Å². The van der Waals surface area contributed by atoms with E-state index in [2.05, 4.69) is 26.8 Å². The predicted molar refractivity (Wildman–Crippen MR) is 64.7 cm³/mol. The van der Waals surface area contributed by atoms with Crippen LogP contribution < -0.4 is 0 Å². The van der Waals surface area contributed by atoms with Gasteiger partial charge in [-0.3, -0.25) is 4.79 Å². The molecule has 0 unspecified atom stereocenters. The average molecular weight is 206 g/mol. The normalized spacial score (nSPS) is 24.5. The van der Waals surface area contributed by atoms with E-state index in [1.165, 1.54) is 5.57 Å². The summed E-state index contributed by atoms with van der Waals surface area (Å²) < 4.78 is 0. The van der Waals surface area contributed by atoms with E-state index in [9.17, 15) is 4.79 Å². The van der Waals surface area contributed by atoms with Gasteiger partial charge in [0.15, 0.2) is 5.78 Å². The van der Waals surface area contributed by atoms with Gasteiger partial charge in [0.25, 0.3) is 0 Å². The first-order valence-electron chi connectivity index (χ1n) is 5.85. The van der Waals surface area contributed by atoms with E-state index in [1.807, 2.05) is 13.0 Å². The van der Waals surface area contributed by atoms with E-state index in [4.69, 9.17) is 0 Å². The van der Waals surface area contributed by atoms with Crippen molar-refractivity contribution in [3.63, 3.8) is 0 Å². The lowest BCUT2D eigenvalue weighted by atomic mass is 9.76. The lowest BCUT2D eigenvalue weighted by Gasteiger charge is -2.28. The highest BCUT2D eigenvalue weighted by Gasteiger charge is 2.33. The zero-order valence-electron chi connectivity index (χ0n) is 10.3. The van der Waals surface area contributed by atoms with E-state index in [0.717, 1.165) is 12.8 Å². The Hall–Kier alpha value is -0.850. The van der Waals surface area contributed by atoms with Crippen LogP contribution in [-0.2, 0) is 4.79 Å². The molecule has 1 rings (SSSR count). The Labute approximate surface area is 93.3 Å². The molecule has 1 heteroatoms. The van der Waals surface area contributed by atoms with Crippen molar-refractivity contribution in [1.29, 1.82) is 0 Å². The van der Waals surface area contributed by atoms with Crippen LogP contribution in [0.2, 0.25) is 0 Å². The van der Waals surface area contributed by atoms with Crippen LogP contribution in [0.15, 0.2) is 23.8 Å². The third-order valence-electron chi connectivity index (χ3n) is 3.82. The molecule has 0 aliphatic heterocycles. The molecule has 0 heterocycles. The van der Waals surface area contributed by atoms with Crippen molar-refractivity contribution in [1.82, 2.24) is 0 Å². The summed E-state index contributed by atoms with van der Waals surface area (Å²) >= 11 is 0. The lowest BCUT2D eigenvalue weighted by molar-refractivity contribution is -0.114. The number of rotatable bonds is 4. The molecule has 15 heavy (non-hydrogen) atoms. The molecule has 0 N–H and O–H groups in total. The molecule has 0 aromatic carbocycles. The van der Waals surface area contributed by atoms with E-state index >= 15 is 0 Å². The van der Waals surface area contributed by atoms with Crippen molar-refractivity contribution >= 4 is 5.78 Å². The SMILES string of the molecule is CCC(=O)/C=C/C[C@H]1CC=C(C)C1(C)C. The molecule has 1 aliphatic rings. The van der Waals surface area contributed by atoms with Gasteiger partial charge in [0.2, 0.25) is 0 Å². The molecule has 0 saturated heterocycles. The summed E-state index contributed by atoms with van der Waals surface area (Å²) in [6.07, 6.45) is 8.91. The second-order valence-electron chi connectivity index (χ2n) is 5.00. The molecule has 0 amide bonds. The molecule has 0 radical (unpaired) electrons. The number of hydrogen-bond acceptors (Lipinski definition) is 1. The van der Waals surface area contributed by atoms with Gasteiger partial charge in [-0.05, 0) is 37.2 Å². The molecule has 0 fully saturated rings. The minimum Gasteiger partial charge on any atom is -0.295 e. The number of ketones is 1. The summed E-state index contributed by atoms with van der Waals surface area (Å²) in [6, 6.07) is 0. The molecule has 1 nitrogen and oxygen atoms in total. The van der Waals surface area contributed by atoms with Crippen LogP contribution in [-0.4, -0.2) is 5.78 Å². The van der Waals surface area contributed by atoms with Crippen LogP contribution in [0.4, 0.5) is 0 Å². The van der Waals surface area contributed by atoms with E-state index in [-0.39, 0.29) is 5.78 Å². The number of carbonyl (C=O) groups is 1. The highest BCUT2D eigenvalue weighted by molar-refractivity contribution is 5.89. The number of hydrogen-bond donors (Lipinski definition) is 0. The van der Waals surface area contributed by atoms with Crippen LogP contribution in [0.1, 0.15) is 47.0 Å². The summed E-state index contributed by atoms with van der Waals surface area (Å²) in [5.74, 6) is 0.897. The molecule has 0 spiro atoms. The van der Waals surface area contributed by atoms with Gasteiger partial charge in [0.05, 0.1) is 0 Å². The number of carbonyl (C=O) groups excluding carboxylic acids is 1. The minimum atomic E-state index is 0.232. The largest absolute Gasteiger partial charge is 0.295 e. The Kier molecular flexibility index (Phi) is 3.90. The van der Waals surface area contributed by atoms with E-state index in [0.29, 0.717) is 17.8 Å². The van der Waals surface area contributed by atoms with Crippen molar-refractivity contribution in [2.24, 2.45) is 11.3 Å². The summed E-state index contributed by atoms with van der Waals surface area (Å²) in [7, 11) is 0. The zero-order valence-corrected chi connectivity index (χ0v) is 10.3. The fourth-order valence-electron chi connectivity index (χ4n) is 2.07. The second-order valence-corrected chi connectivity index (χ2v) is 5.00. The van der Waals surface area contributed by atoms with Gasteiger partial charge >= 0.3 is 0 Å². The Bertz CT molecular complexity index is 294. The van der Waals surface area contributed by atoms with Gasteiger partial charge in [-0.25, -0.2) is 0 Å². The third kappa shape index (κ3) is 2.80. The molecule has 1 aliphatic carbocycles. The van der Waals surface area contributed by atoms with Crippen LogP contribution >= 0.6 is 0 Å². The minimum absolute atomic E-state index is 0.232. The Morgan fingerprint density at radius 2 is 2.27 bits per heavy atom. The van der Waals surface area contributed by atoms with Crippen LogP contribution in [0, 0.1) is 11.3 Å². The molecule has 84 valence electrons. The predicted octanol–water partition coefficient (Wildman–Crippen LogP) is 3.90. The van der Waals surface area contributed by atoms with Crippen LogP contribution in [0.25, 0.3) is 0 Å². The molecule has 0 aromatic heterocycles. The van der Waals surface area contributed by atoms with Crippen LogP contribution in [0.3, 0.4) is 0 Å². The van der Waals surface area contributed by atoms with Gasteiger partial charge in [-0.1, -0.05) is 38.5 Å². The first-order valence-corrected chi connectivity index (χ1v) is 5.85. The molecular formula is C14H22O. The first-order chi connectivity index (χ1) is 6.98. The summed E-state index contributed by atoms with van der Waals surface area (Å²) in [5.41, 5.74) is 1.79. The van der Waals surface area contributed by atoms with Gasteiger partial charge < -0.3 is 0 Å².